The standard InChI is InChI=1S/C27H22Br2ClNO4S/c1-16-3-4-17(2)23(11-16)34-10-9-31-26(32)24(36-27(31)33)14-19-12-21(28)25(22(29)13-19)35-15-18-5-7-20(30)8-6-18/h3-8,11-14H,9-10,15H2,1-2H3/b24-14-. The SMILES string of the molecule is Cc1ccc(C)c(OCCN2C(=O)S/C(=C\c3cc(Br)c(OCc4ccc(Cl)cc4)c(Br)c3)C2=O)c1. The van der Waals surface area contributed by atoms with Gasteiger partial charge in [0.15, 0.2) is 0 Å². The Kier molecular flexibility index (Phi) is 8.83. The molecule has 3 aromatic carbocycles. The molecule has 1 heterocycles. The Bertz CT molecular complexity index is 1320. The van der Waals surface area contributed by atoms with E-state index in [4.69, 9.17) is 21.1 Å². The summed E-state index contributed by atoms with van der Waals surface area (Å²) in [5.41, 5.74) is 3.83. The number of hydrogen-bond donors (Lipinski definition) is 0. The molecule has 1 aliphatic heterocycles. The van der Waals surface area contributed by atoms with E-state index in [2.05, 4.69) is 31.9 Å². The van der Waals surface area contributed by atoms with Gasteiger partial charge in [0.25, 0.3) is 11.1 Å². The second-order valence-corrected chi connectivity index (χ2v) is 11.3. The number of aryl methyl sites for hydroxylation is 2. The van der Waals surface area contributed by atoms with E-state index in [-0.39, 0.29) is 24.3 Å². The fourth-order valence-electron chi connectivity index (χ4n) is 3.49. The van der Waals surface area contributed by atoms with Gasteiger partial charge in [-0.15, -0.1) is 0 Å². The first-order valence-electron chi connectivity index (χ1n) is 11.0. The summed E-state index contributed by atoms with van der Waals surface area (Å²) < 4.78 is 13.2. The number of rotatable bonds is 8. The third-order valence-corrected chi connectivity index (χ3v) is 7.74. The molecule has 186 valence electrons. The maximum Gasteiger partial charge on any atom is 0.293 e. The van der Waals surface area contributed by atoms with Gasteiger partial charge >= 0.3 is 0 Å². The second-order valence-electron chi connectivity index (χ2n) is 8.18. The first-order chi connectivity index (χ1) is 17.2. The van der Waals surface area contributed by atoms with Gasteiger partial charge in [-0.25, -0.2) is 0 Å². The Morgan fingerprint density at radius 1 is 0.972 bits per heavy atom. The van der Waals surface area contributed by atoms with Crippen LogP contribution in [-0.2, 0) is 11.4 Å². The smallest absolute Gasteiger partial charge is 0.293 e. The minimum atomic E-state index is -0.329. The number of carbonyl (C=O) groups excluding carboxylic acids is 2. The van der Waals surface area contributed by atoms with E-state index in [1.165, 1.54) is 4.90 Å². The summed E-state index contributed by atoms with van der Waals surface area (Å²) in [5.74, 6) is 1.06. The van der Waals surface area contributed by atoms with Crippen LogP contribution in [0.4, 0.5) is 4.79 Å². The number of hydrogen-bond acceptors (Lipinski definition) is 5. The van der Waals surface area contributed by atoms with Crippen molar-refractivity contribution in [2.24, 2.45) is 0 Å². The highest BCUT2D eigenvalue weighted by atomic mass is 79.9. The van der Waals surface area contributed by atoms with Crippen molar-refractivity contribution in [1.29, 1.82) is 0 Å². The van der Waals surface area contributed by atoms with E-state index in [0.29, 0.717) is 22.3 Å². The Balaban J connectivity index is 1.41. The summed E-state index contributed by atoms with van der Waals surface area (Å²) in [5, 5.41) is 0.362. The van der Waals surface area contributed by atoms with E-state index in [1.807, 2.05) is 68.4 Å². The number of benzene rings is 3. The molecule has 0 atom stereocenters. The number of imide groups is 1. The van der Waals surface area contributed by atoms with Gasteiger partial charge in [-0.2, -0.15) is 0 Å². The Morgan fingerprint density at radius 2 is 1.67 bits per heavy atom. The predicted octanol–water partition coefficient (Wildman–Crippen LogP) is 8.18. The van der Waals surface area contributed by atoms with E-state index in [0.717, 1.165) is 48.7 Å². The summed E-state index contributed by atoms with van der Waals surface area (Å²) in [6, 6.07) is 17.1. The van der Waals surface area contributed by atoms with Crippen molar-refractivity contribution < 1.29 is 19.1 Å². The Hall–Kier alpha value is -2.26. The van der Waals surface area contributed by atoms with Gasteiger partial charge < -0.3 is 9.47 Å². The van der Waals surface area contributed by atoms with Crippen molar-refractivity contribution in [3.63, 3.8) is 0 Å². The van der Waals surface area contributed by atoms with Crippen LogP contribution in [0.25, 0.3) is 6.08 Å². The van der Waals surface area contributed by atoms with Crippen LogP contribution in [0.15, 0.2) is 68.4 Å². The molecule has 2 amide bonds. The van der Waals surface area contributed by atoms with Gasteiger partial charge in [-0.1, -0.05) is 35.9 Å². The molecule has 9 heteroatoms. The zero-order valence-corrected chi connectivity index (χ0v) is 24.3. The lowest BCUT2D eigenvalue weighted by atomic mass is 10.1. The number of ether oxygens (including phenoxy) is 2. The first kappa shape index (κ1) is 26.8. The molecule has 1 aliphatic rings. The van der Waals surface area contributed by atoms with Crippen molar-refractivity contribution in [2.45, 2.75) is 20.5 Å². The molecule has 0 saturated carbocycles. The third kappa shape index (κ3) is 6.54. The number of amides is 2. The lowest BCUT2D eigenvalue weighted by Crippen LogP contribution is -2.32. The third-order valence-electron chi connectivity index (χ3n) is 5.40. The van der Waals surface area contributed by atoms with Crippen LogP contribution >= 0.6 is 55.2 Å². The van der Waals surface area contributed by atoms with Crippen LogP contribution < -0.4 is 9.47 Å². The molecule has 36 heavy (non-hydrogen) atoms. The minimum absolute atomic E-state index is 0.181. The zero-order chi connectivity index (χ0) is 25.8. The molecule has 1 saturated heterocycles. The minimum Gasteiger partial charge on any atom is -0.491 e. The molecule has 0 spiro atoms. The fraction of sp³-hybridized carbons (Fsp3) is 0.185. The molecule has 0 bridgehead atoms. The number of thioether (sulfide) groups is 1. The van der Waals surface area contributed by atoms with Crippen LogP contribution in [0.3, 0.4) is 0 Å². The quantitative estimate of drug-likeness (QED) is 0.230. The highest BCUT2D eigenvalue weighted by molar-refractivity contribution is 9.11. The molecule has 1 fully saturated rings. The lowest BCUT2D eigenvalue weighted by Gasteiger charge is -2.14. The molecule has 0 aliphatic carbocycles. The fourth-order valence-corrected chi connectivity index (χ4v) is 5.93. The maximum atomic E-state index is 12.9. The van der Waals surface area contributed by atoms with E-state index in [9.17, 15) is 9.59 Å². The van der Waals surface area contributed by atoms with Crippen LogP contribution in [0.5, 0.6) is 11.5 Å². The van der Waals surface area contributed by atoms with Gasteiger partial charge in [0.05, 0.1) is 20.4 Å². The molecular formula is C27H22Br2ClNO4S. The summed E-state index contributed by atoms with van der Waals surface area (Å²) in [7, 11) is 0. The second kappa shape index (κ2) is 11.9. The van der Waals surface area contributed by atoms with Crippen LogP contribution in [0.1, 0.15) is 22.3 Å². The highest BCUT2D eigenvalue weighted by Crippen LogP contribution is 2.38. The van der Waals surface area contributed by atoms with Crippen molar-refractivity contribution in [3.8, 4) is 11.5 Å². The Labute approximate surface area is 236 Å². The molecule has 3 aromatic rings. The molecule has 0 unspecified atom stereocenters. The van der Waals surface area contributed by atoms with E-state index < -0.39 is 0 Å². The van der Waals surface area contributed by atoms with Gasteiger partial charge in [-0.3, -0.25) is 14.5 Å². The van der Waals surface area contributed by atoms with E-state index in [1.54, 1.807) is 6.08 Å². The van der Waals surface area contributed by atoms with Gasteiger partial charge in [0.2, 0.25) is 0 Å². The summed E-state index contributed by atoms with van der Waals surface area (Å²) in [6.07, 6.45) is 1.70. The first-order valence-corrected chi connectivity index (χ1v) is 13.8. The molecule has 0 radical (unpaired) electrons. The molecule has 0 aromatic heterocycles. The zero-order valence-electron chi connectivity index (χ0n) is 19.5. The predicted molar refractivity (Wildman–Crippen MR) is 152 cm³/mol. The largest absolute Gasteiger partial charge is 0.491 e. The topological polar surface area (TPSA) is 55.8 Å². The molecule has 4 rings (SSSR count). The molecule has 5 nitrogen and oxygen atoms in total. The summed E-state index contributed by atoms with van der Waals surface area (Å²) in [6.45, 7) is 4.73. The average Bonchev–Trinajstić information content (AvgIpc) is 3.09. The number of halogens is 3. The van der Waals surface area contributed by atoms with Crippen LogP contribution in [0, 0.1) is 13.8 Å². The maximum absolute atomic E-state index is 12.9. The van der Waals surface area contributed by atoms with Crippen LogP contribution in [-0.4, -0.2) is 29.2 Å². The van der Waals surface area contributed by atoms with Gasteiger partial charge in [0, 0.05) is 5.02 Å². The lowest BCUT2D eigenvalue weighted by molar-refractivity contribution is -0.123. The normalized spacial score (nSPS) is 14.6. The van der Waals surface area contributed by atoms with Crippen molar-refractivity contribution in [1.82, 2.24) is 4.90 Å². The highest BCUT2D eigenvalue weighted by Gasteiger charge is 2.35. The summed E-state index contributed by atoms with van der Waals surface area (Å²) in [4.78, 5) is 27.0. The number of nitrogens with zero attached hydrogens (tertiary/aromatic N) is 1. The Morgan fingerprint density at radius 3 is 2.36 bits per heavy atom. The number of carbonyl (C=O) groups is 2. The average molecular weight is 652 g/mol. The van der Waals surface area contributed by atoms with E-state index >= 15 is 0 Å². The van der Waals surface area contributed by atoms with Gasteiger partial charge in [-0.05, 0) is 116 Å². The summed E-state index contributed by atoms with van der Waals surface area (Å²) >= 11 is 14.0. The van der Waals surface area contributed by atoms with Gasteiger partial charge in [0.1, 0.15) is 24.7 Å². The van der Waals surface area contributed by atoms with Crippen molar-refractivity contribution in [3.05, 3.63) is 95.7 Å². The van der Waals surface area contributed by atoms with Crippen molar-refractivity contribution in [2.75, 3.05) is 13.2 Å². The molecule has 0 N–H and O–H groups in total. The van der Waals surface area contributed by atoms with Crippen molar-refractivity contribution >= 4 is 72.4 Å². The monoisotopic (exact) mass is 649 g/mol. The molecular weight excluding hydrogens is 630 g/mol. The van der Waals surface area contributed by atoms with Crippen LogP contribution in [0.2, 0.25) is 5.02 Å².